The van der Waals surface area contributed by atoms with E-state index in [1.807, 2.05) is 22.6 Å². The van der Waals surface area contributed by atoms with Crippen molar-refractivity contribution in [3.8, 4) is 5.69 Å². The van der Waals surface area contributed by atoms with E-state index < -0.39 is 22.6 Å². The maximum atomic E-state index is 14.9. The molecule has 208 valence electrons. The Kier molecular flexibility index (Phi) is 7.40. The number of rotatable bonds is 7. The van der Waals surface area contributed by atoms with E-state index in [0.717, 1.165) is 0 Å². The molecule has 1 aliphatic rings. The summed E-state index contributed by atoms with van der Waals surface area (Å²) in [5.74, 6) is -0.710. The third kappa shape index (κ3) is 5.08. The van der Waals surface area contributed by atoms with Crippen molar-refractivity contribution in [3.63, 3.8) is 0 Å². The molecule has 0 unspecified atom stereocenters. The molecule has 2 aromatic carbocycles. The van der Waals surface area contributed by atoms with Gasteiger partial charge in [0.25, 0.3) is 11.1 Å². The number of carbonyl (C=O) groups excluding carboxylic acids is 1. The molecule has 0 bridgehead atoms. The van der Waals surface area contributed by atoms with Gasteiger partial charge in [0.2, 0.25) is 5.91 Å². The minimum absolute atomic E-state index is 0.0781. The molecule has 4 aromatic rings. The smallest absolute Gasteiger partial charge is 0.336 e. The number of benzene rings is 2. The molecule has 0 saturated heterocycles. The van der Waals surface area contributed by atoms with Crippen molar-refractivity contribution in [2.45, 2.75) is 25.8 Å². The van der Waals surface area contributed by atoms with Crippen LogP contribution in [0.1, 0.15) is 24.4 Å². The second-order valence-corrected chi connectivity index (χ2v) is 11.4. The zero-order chi connectivity index (χ0) is 28.9. The number of amides is 1. The first-order chi connectivity index (χ1) is 19.0. The minimum Gasteiger partial charge on any atom is -0.338 e. The quantitative estimate of drug-likeness (QED) is 0.295. The van der Waals surface area contributed by atoms with Crippen LogP contribution in [0.3, 0.4) is 0 Å². The van der Waals surface area contributed by atoms with Gasteiger partial charge in [-0.3, -0.25) is 28.1 Å². The van der Waals surface area contributed by atoms with Crippen LogP contribution in [-0.4, -0.2) is 45.1 Å². The lowest BCUT2D eigenvalue weighted by molar-refractivity contribution is -0.116. The van der Waals surface area contributed by atoms with Gasteiger partial charge in [0.15, 0.2) is 0 Å². The van der Waals surface area contributed by atoms with E-state index in [4.69, 9.17) is 0 Å². The van der Waals surface area contributed by atoms with E-state index in [0.29, 0.717) is 27.8 Å². The van der Waals surface area contributed by atoms with Crippen LogP contribution in [0.5, 0.6) is 0 Å². The number of nitrogens with one attached hydrogen (secondary N) is 2. The van der Waals surface area contributed by atoms with Crippen LogP contribution in [0.4, 0.5) is 21.6 Å². The van der Waals surface area contributed by atoms with Gasteiger partial charge in [0.05, 0.1) is 23.4 Å². The maximum Gasteiger partial charge on any atom is 0.336 e. The van der Waals surface area contributed by atoms with Crippen molar-refractivity contribution < 1.29 is 9.18 Å². The molecule has 2 heterocycles. The first-order valence-corrected chi connectivity index (χ1v) is 13.7. The zero-order valence-corrected chi connectivity index (χ0v) is 24.6. The van der Waals surface area contributed by atoms with Crippen LogP contribution >= 0.6 is 22.6 Å². The van der Waals surface area contributed by atoms with Gasteiger partial charge in [-0.25, -0.2) is 9.18 Å². The summed E-state index contributed by atoms with van der Waals surface area (Å²) >= 11 is 1.99. The zero-order valence-electron chi connectivity index (χ0n) is 22.4. The Labute approximate surface area is 242 Å². The van der Waals surface area contributed by atoms with Crippen molar-refractivity contribution in [2.24, 2.45) is 7.05 Å². The number of halogens is 2. The summed E-state index contributed by atoms with van der Waals surface area (Å²) in [6.45, 7) is 1.72. The molecule has 0 aliphatic heterocycles. The van der Waals surface area contributed by atoms with E-state index in [9.17, 15) is 23.6 Å². The molecule has 1 fully saturated rings. The van der Waals surface area contributed by atoms with E-state index in [1.165, 1.54) is 32.9 Å². The minimum atomic E-state index is -0.584. The average Bonchev–Trinajstić information content (AvgIpc) is 3.71. The summed E-state index contributed by atoms with van der Waals surface area (Å²) in [7, 11) is 5.05. The molecular formula is C28H28FIN6O4. The largest absolute Gasteiger partial charge is 0.338 e. The Morgan fingerprint density at radius 1 is 1.10 bits per heavy atom. The van der Waals surface area contributed by atoms with Crippen molar-refractivity contribution in [1.29, 1.82) is 0 Å². The topological polar surface area (TPSA) is 110 Å². The maximum absolute atomic E-state index is 14.9. The molecule has 1 aliphatic carbocycles. The summed E-state index contributed by atoms with van der Waals surface area (Å²) in [6, 6.07) is 11.0. The lowest BCUT2D eigenvalue weighted by atomic mass is 10.1. The Morgan fingerprint density at radius 3 is 2.48 bits per heavy atom. The number of hydrogen-bond donors (Lipinski definition) is 2. The number of aromatic nitrogens is 3. The van der Waals surface area contributed by atoms with Crippen LogP contribution < -0.4 is 27.4 Å². The molecule has 0 spiro atoms. The molecule has 1 saturated carbocycles. The lowest BCUT2D eigenvalue weighted by Crippen LogP contribution is -2.41. The Balaban J connectivity index is 1.81. The molecule has 5 rings (SSSR count). The Morgan fingerprint density at radius 2 is 1.82 bits per heavy atom. The second-order valence-electron chi connectivity index (χ2n) is 10.2. The third-order valence-electron chi connectivity index (χ3n) is 6.79. The fourth-order valence-electron chi connectivity index (χ4n) is 4.78. The molecular weight excluding hydrogens is 630 g/mol. The Bertz CT molecular complexity index is 1860. The first-order valence-electron chi connectivity index (χ1n) is 12.7. The highest BCUT2D eigenvalue weighted by molar-refractivity contribution is 14.1. The number of fused-ring (bicyclic) bond motifs is 1. The summed E-state index contributed by atoms with van der Waals surface area (Å²) < 4.78 is 19.4. The van der Waals surface area contributed by atoms with Crippen molar-refractivity contribution >= 4 is 56.6 Å². The predicted molar refractivity (Wildman–Crippen MR) is 162 cm³/mol. The van der Waals surface area contributed by atoms with Crippen molar-refractivity contribution in [2.75, 3.05) is 31.3 Å². The van der Waals surface area contributed by atoms with Crippen molar-refractivity contribution in [3.05, 3.63) is 88.6 Å². The number of anilines is 3. The van der Waals surface area contributed by atoms with Crippen LogP contribution in [0.25, 0.3) is 16.6 Å². The normalized spacial score (nSPS) is 13.2. The molecule has 0 atom stereocenters. The molecule has 10 nitrogen and oxygen atoms in total. The Hall–Kier alpha value is -3.78. The average molecular weight is 658 g/mol. The van der Waals surface area contributed by atoms with Gasteiger partial charge in [0.1, 0.15) is 17.0 Å². The molecule has 1 amide bonds. The summed E-state index contributed by atoms with van der Waals surface area (Å²) in [5.41, 5.74) is -0.370. The highest BCUT2D eigenvalue weighted by Crippen LogP contribution is 2.34. The van der Waals surface area contributed by atoms with Gasteiger partial charge in [-0.2, -0.15) is 0 Å². The van der Waals surface area contributed by atoms with E-state index >= 15 is 0 Å². The number of nitrogens with zero attached hydrogens (tertiary/aromatic N) is 4. The SMILES string of the molecule is Cc1c(=O)n(C)c(Nc2ccc(I)cc2F)c2c(=O)n(C3CC3)c(=O)n(-c3cccc(NC(=O)CN(C)C)c3)c12. The third-order valence-corrected chi connectivity index (χ3v) is 7.46. The number of hydrogen-bond acceptors (Lipinski definition) is 6. The van der Waals surface area contributed by atoms with Crippen molar-refractivity contribution in [1.82, 2.24) is 18.6 Å². The van der Waals surface area contributed by atoms with E-state index in [2.05, 4.69) is 10.6 Å². The molecule has 0 radical (unpaired) electrons. The van der Waals surface area contributed by atoms with Gasteiger partial charge < -0.3 is 15.5 Å². The fraction of sp³-hybridized carbons (Fsp3) is 0.286. The van der Waals surface area contributed by atoms with Crippen LogP contribution in [-0.2, 0) is 11.8 Å². The van der Waals surface area contributed by atoms with Gasteiger partial charge in [-0.05, 0) is 92.8 Å². The predicted octanol–water partition coefficient (Wildman–Crippen LogP) is 3.48. The van der Waals surface area contributed by atoms with E-state index in [-0.39, 0.29) is 46.5 Å². The number of aryl methyl sites for hydroxylation is 1. The molecule has 2 aromatic heterocycles. The number of carbonyl (C=O) groups is 1. The first kappa shape index (κ1) is 27.8. The lowest BCUT2D eigenvalue weighted by Gasteiger charge is -2.21. The van der Waals surface area contributed by atoms with Crippen LogP contribution in [0.2, 0.25) is 0 Å². The summed E-state index contributed by atoms with van der Waals surface area (Å²) in [5, 5.41) is 5.86. The molecule has 40 heavy (non-hydrogen) atoms. The standard InChI is InChI=1S/C28H28FIN6O4/c1-15-24-23(25(34(4)26(15)38)32-21-11-8-16(30)12-20(21)29)27(39)36(18-9-10-18)28(40)35(24)19-7-5-6-17(13-19)31-22(37)14-33(2)3/h5-8,11-13,18,32H,9-10,14H2,1-4H3,(H,31,37). The number of likely N-dealkylation sites (N-methyl/N-ethyl adjacent to an activating group) is 1. The highest BCUT2D eigenvalue weighted by atomic mass is 127. The van der Waals surface area contributed by atoms with Crippen LogP contribution in [0.15, 0.2) is 56.8 Å². The van der Waals surface area contributed by atoms with Gasteiger partial charge >= 0.3 is 5.69 Å². The molecule has 2 N–H and O–H groups in total. The van der Waals surface area contributed by atoms with Gasteiger partial charge in [-0.1, -0.05) is 6.07 Å². The van der Waals surface area contributed by atoms with Gasteiger partial charge in [-0.15, -0.1) is 0 Å². The summed E-state index contributed by atoms with van der Waals surface area (Å²) in [6.07, 6.45) is 1.33. The second kappa shape index (κ2) is 10.7. The monoisotopic (exact) mass is 658 g/mol. The highest BCUT2D eigenvalue weighted by Gasteiger charge is 2.31. The summed E-state index contributed by atoms with van der Waals surface area (Å²) in [4.78, 5) is 55.4. The number of pyridine rings is 1. The fourth-order valence-corrected chi connectivity index (χ4v) is 5.24. The van der Waals surface area contributed by atoms with Gasteiger partial charge in [0, 0.05) is 27.9 Å². The molecule has 12 heteroatoms. The van der Waals surface area contributed by atoms with Crippen LogP contribution in [0, 0.1) is 16.3 Å². The van der Waals surface area contributed by atoms with E-state index in [1.54, 1.807) is 56.3 Å².